The molecule has 2 aliphatic heterocycles. The van der Waals surface area contributed by atoms with Gasteiger partial charge in [0.2, 0.25) is 5.91 Å². The molecule has 2 aliphatic rings. The van der Waals surface area contributed by atoms with E-state index in [2.05, 4.69) is 5.32 Å². The Morgan fingerprint density at radius 1 is 1.30 bits per heavy atom. The Hall–Kier alpha value is -1.21. The number of carbonyl (C=O) groups is 1. The number of hydrogen-bond donors (Lipinski definition) is 2. The molecule has 1 amide bonds. The summed E-state index contributed by atoms with van der Waals surface area (Å²) < 4.78 is 16.6. The normalized spacial score (nSPS) is 22.3. The quantitative estimate of drug-likeness (QED) is 0.850. The molecule has 23 heavy (non-hydrogen) atoms. The number of nitrogens with one attached hydrogen (secondary N) is 1. The first-order chi connectivity index (χ1) is 10.7. The Balaban J connectivity index is 0.00000192. The highest BCUT2D eigenvalue weighted by molar-refractivity contribution is 6.32. The minimum Gasteiger partial charge on any atom is -0.486 e. The fourth-order valence-corrected chi connectivity index (χ4v) is 2.93. The molecular weight excluding hydrogens is 343 g/mol. The number of nitrogens with two attached hydrogens (primary N) is 1. The summed E-state index contributed by atoms with van der Waals surface area (Å²) in [5.41, 5.74) is 6.40. The van der Waals surface area contributed by atoms with Crippen molar-refractivity contribution in [2.75, 3.05) is 19.8 Å². The van der Waals surface area contributed by atoms with Crippen molar-refractivity contribution >= 4 is 29.9 Å². The zero-order chi connectivity index (χ0) is 15.5. The average Bonchev–Trinajstić information content (AvgIpc) is 3.02. The van der Waals surface area contributed by atoms with Crippen molar-refractivity contribution in [2.24, 2.45) is 5.73 Å². The second-order valence-corrected chi connectivity index (χ2v) is 5.79. The summed E-state index contributed by atoms with van der Waals surface area (Å²) in [6, 6.07) is 3.60. The van der Waals surface area contributed by atoms with E-state index >= 15 is 0 Å². The molecule has 0 radical (unpaired) electrons. The smallest absolute Gasteiger partial charge is 0.249 e. The molecule has 128 valence electrons. The van der Waals surface area contributed by atoms with Crippen LogP contribution in [-0.2, 0) is 16.1 Å². The highest BCUT2D eigenvalue weighted by atomic mass is 35.5. The van der Waals surface area contributed by atoms with Crippen molar-refractivity contribution in [3.63, 3.8) is 0 Å². The third-order valence-electron chi connectivity index (χ3n) is 3.79. The van der Waals surface area contributed by atoms with Crippen molar-refractivity contribution in [1.29, 1.82) is 0 Å². The topological polar surface area (TPSA) is 82.8 Å². The van der Waals surface area contributed by atoms with Crippen LogP contribution in [0, 0.1) is 0 Å². The number of halogens is 2. The first-order valence-electron chi connectivity index (χ1n) is 7.38. The SMILES string of the molecule is Cl.NC[C@H]1CC[C@@H](C(=O)NCc2cc(Cl)c3c(c2)OCCO3)O1. The Kier molecular flexibility index (Phi) is 6.35. The molecule has 0 saturated carbocycles. The molecule has 8 heteroatoms. The Bertz CT molecular complexity index is 571. The van der Waals surface area contributed by atoms with E-state index in [0.717, 1.165) is 12.0 Å². The van der Waals surface area contributed by atoms with Gasteiger partial charge in [-0.1, -0.05) is 11.6 Å². The maximum absolute atomic E-state index is 12.1. The summed E-state index contributed by atoms with van der Waals surface area (Å²) in [7, 11) is 0. The first kappa shape index (κ1) is 18.1. The van der Waals surface area contributed by atoms with Crippen molar-refractivity contribution < 1.29 is 19.0 Å². The van der Waals surface area contributed by atoms with Crippen molar-refractivity contribution in [3.05, 3.63) is 22.7 Å². The van der Waals surface area contributed by atoms with E-state index in [1.807, 2.05) is 6.07 Å². The van der Waals surface area contributed by atoms with Crippen LogP contribution in [0.2, 0.25) is 5.02 Å². The van der Waals surface area contributed by atoms with Crippen LogP contribution in [-0.4, -0.2) is 37.9 Å². The van der Waals surface area contributed by atoms with Gasteiger partial charge in [-0.3, -0.25) is 4.79 Å². The molecule has 3 rings (SSSR count). The zero-order valence-corrected chi connectivity index (χ0v) is 14.1. The van der Waals surface area contributed by atoms with Crippen LogP contribution >= 0.6 is 24.0 Å². The summed E-state index contributed by atoms with van der Waals surface area (Å²) in [5.74, 6) is 1.05. The van der Waals surface area contributed by atoms with Crippen LogP contribution in [0.25, 0.3) is 0 Å². The number of ether oxygens (including phenoxy) is 3. The molecule has 1 aromatic rings. The number of fused-ring (bicyclic) bond motifs is 1. The fourth-order valence-electron chi connectivity index (χ4n) is 2.64. The summed E-state index contributed by atoms with van der Waals surface area (Å²) in [4.78, 5) is 12.1. The highest BCUT2D eigenvalue weighted by Crippen LogP contribution is 2.38. The molecule has 0 bridgehead atoms. The van der Waals surface area contributed by atoms with Crippen molar-refractivity contribution in [2.45, 2.75) is 31.6 Å². The summed E-state index contributed by atoms with van der Waals surface area (Å²) in [6.07, 6.45) is 1.10. The lowest BCUT2D eigenvalue weighted by Crippen LogP contribution is -2.35. The minimum absolute atomic E-state index is 0. The van der Waals surface area contributed by atoms with Gasteiger partial charge in [-0.05, 0) is 30.5 Å². The third-order valence-corrected chi connectivity index (χ3v) is 4.07. The van der Waals surface area contributed by atoms with Crippen LogP contribution in [0.5, 0.6) is 11.5 Å². The first-order valence-corrected chi connectivity index (χ1v) is 7.76. The van der Waals surface area contributed by atoms with E-state index < -0.39 is 6.10 Å². The maximum atomic E-state index is 12.1. The van der Waals surface area contributed by atoms with Crippen LogP contribution in [0.1, 0.15) is 18.4 Å². The van der Waals surface area contributed by atoms with Gasteiger partial charge >= 0.3 is 0 Å². The van der Waals surface area contributed by atoms with Crippen LogP contribution < -0.4 is 20.5 Å². The van der Waals surface area contributed by atoms with Gasteiger partial charge in [0.25, 0.3) is 0 Å². The number of hydrogen-bond acceptors (Lipinski definition) is 5. The monoisotopic (exact) mass is 362 g/mol. The van der Waals surface area contributed by atoms with Gasteiger partial charge in [0.05, 0.1) is 11.1 Å². The van der Waals surface area contributed by atoms with Gasteiger partial charge < -0.3 is 25.3 Å². The Labute approximate surface area is 146 Å². The molecule has 2 heterocycles. The maximum Gasteiger partial charge on any atom is 0.249 e. The minimum atomic E-state index is -0.416. The Morgan fingerprint density at radius 3 is 2.83 bits per heavy atom. The summed E-state index contributed by atoms with van der Waals surface area (Å²) >= 11 is 6.17. The Morgan fingerprint density at radius 2 is 2.09 bits per heavy atom. The van der Waals surface area contributed by atoms with Gasteiger partial charge in [-0.2, -0.15) is 0 Å². The van der Waals surface area contributed by atoms with Gasteiger partial charge in [0, 0.05) is 13.1 Å². The van der Waals surface area contributed by atoms with Crippen molar-refractivity contribution in [3.8, 4) is 11.5 Å². The van der Waals surface area contributed by atoms with E-state index in [1.165, 1.54) is 0 Å². The third kappa shape index (κ3) is 4.20. The van der Waals surface area contributed by atoms with Crippen LogP contribution in [0.3, 0.4) is 0 Å². The summed E-state index contributed by atoms with van der Waals surface area (Å²) in [5, 5.41) is 3.35. The van der Waals surface area contributed by atoms with Gasteiger partial charge in [-0.25, -0.2) is 0 Å². The number of benzene rings is 1. The van der Waals surface area contributed by atoms with E-state index in [0.29, 0.717) is 49.2 Å². The molecule has 1 saturated heterocycles. The van der Waals surface area contributed by atoms with Gasteiger partial charge in [0.15, 0.2) is 11.5 Å². The average molecular weight is 363 g/mol. The zero-order valence-electron chi connectivity index (χ0n) is 12.5. The molecule has 3 N–H and O–H groups in total. The van der Waals surface area contributed by atoms with Gasteiger partial charge in [-0.15, -0.1) is 12.4 Å². The predicted molar refractivity (Wildman–Crippen MR) is 88.5 cm³/mol. The number of rotatable bonds is 4. The lowest BCUT2D eigenvalue weighted by atomic mass is 10.1. The van der Waals surface area contributed by atoms with Crippen molar-refractivity contribution in [1.82, 2.24) is 5.32 Å². The molecule has 0 unspecified atom stereocenters. The van der Waals surface area contributed by atoms with Gasteiger partial charge in [0.1, 0.15) is 19.3 Å². The highest BCUT2D eigenvalue weighted by Gasteiger charge is 2.29. The fraction of sp³-hybridized carbons (Fsp3) is 0.533. The molecule has 6 nitrogen and oxygen atoms in total. The standard InChI is InChI=1S/C15H19ClN2O4.ClH/c16-11-5-9(6-13-14(11)21-4-3-20-13)8-18-15(19)12-2-1-10(7-17)22-12;/h5-6,10,12H,1-4,7-8,17H2,(H,18,19);1H/t10-,12+;/m1./s1. The lowest BCUT2D eigenvalue weighted by molar-refractivity contribution is -0.132. The number of amides is 1. The second kappa shape index (κ2) is 8.06. The van der Waals surface area contributed by atoms with E-state index in [4.69, 9.17) is 31.5 Å². The molecule has 0 spiro atoms. The molecule has 1 fully saturated rings. The predicted octanol–water partition coefficient (Wildman–Crippen LogP) is 1.66. The molecule has 0 aliphatic carbocycles. The second-order valence-electron chi connectivity index (χ2n) is 5.38. The van der Waals surface area contributed by atoms with E-state index in [1.54, 1.807) is 6.07 Å². The molecule has 1 aromatic carbocycles. The summed E-state index contributed by atoms with van der Waals surface area (Å²) in [6.45, 7) is 1.80. The molecule has 2 atom stereocenters. The molecular formula is C15H20Cl2N2O4. The van der Waals surface area contributed by atoms with E-state index in [9.17, 15) is 4.79 Å². The lowest BCUT2D eigenvalue weighted by Gasteiger charge is -2.20. The van der Waals surface area contributed by atoms with Crippen LogP contribution in [0.15, 0.2) is 12.1 Å². The largest absolute Gasteiger partial charge is 0.486 e. The molecule has 0 aromatic heterocycles. The number of carbonyl (C=O) groups excluding carboxylic acids is 1. The van der Waals surface area contributed by atoms with Crippen LogP contribution in [0.4, 0.5) is 0 Å². The van der Waals surface area contributed by atoms with E-state index in [-0.39, 0.29) is 24.4 Å².